The number of halogens is 1. The van der Waals surface area contributed by atoms with Crippen LogP contribution in [0.5, 0.6) is 5.75 Å². The van der Waals surface area contributed by atoms with Crippen molar-refractivity contribution in [3.63, 3.8) is 0 Å². The number of hydrogen-bond donors (Lipinski definition) is 1. The average molecular weight is 272 g/mol. The maximum absolute atomic E-state index is 13.8. The molecule has 0 spiro atoms. The van der Waals surface area contributed by atoms with Crippen molar-refractivity contribution in [2.24, 2.45) is 0 Å². The molecule has 20 heavy (non-hydrogen) atoms. The minimum atomic E-state index is -1.01. The van der Waals surface area contributed by atoms with E-state index in [1.807, 2.05) is 26.0 Å². The van der Waals surface area contributed by atoms with Crippen LogP contribution in [0.25, 0.3) is 0 Å². The Kier molecular flexibility index (Phi) is 3.02. The summed E-state index contributed by atoms with van der Waals surface area (Å²) in [5.41, 5.74) is 1.67. The first-order valence-corrected chi connectivity index (χ1v) is 6.71. The van der Waals surface area contributed by atoms with E-state index in [2.05, 4.69) is 0 Å². The molecule has 3 heteroatoms. The van der Waals surface area contributed by atoms with Gasteiger partial charge in [0.25, 0.3) is 0 Å². The van der Waals surface area contributed by atoms with E-state index in [4.69, 9.17) is 4.74 Å². The van der Waals surface area contributed by atoms with Gasteiger partial charge < -0.3 is 9.84 Å². The van der Waals surface area contributed by atoms with E-state index in [-0.39, 0.29) is 11.2 Å². The summed E-state index contributed by atoms with van der Waals surface area (Å²) in [5, 5.41) is 10.5. The van der Waals surface area contributed by atoms with Gasteiger partial charge in [0.15, 0.2) is 0 Å². The van der Waals surface area contributed by atoms with Crippen LogP contribution in [-0.2, 0) is 6.42 Å². The lowest BCUT2D eigenvalue weighted by Gasteiger charge is -2.20. The third-order valence-electron chi connectivity index (χ3n) is 3.62. The number of aliphatic hydroxyl groups is 1. The number of fused-ring (bicyclic) bond motifs is 1. The molecule has 1 atom stereocenters. The highest BCUT2D eigenvalue weighted by molar-refractivity contribution is 5.49. The summed E-state index contributed by atoms with van der Waals surface area (Å²) in [5.74, 6) is 0.281. The summed E-state index contributed by atoms with van der Waals surface area (Å²) >= 11 is 0. The van der Waals surface area contributed by atoms with E-state index in [0.29, 0.717) is 11.3 Å². The van der Waals surface area contributed by atoms with Gasteiger partial charge in [0.2, 0.25) is 0 Å². The molecule has 0 aliphatic carbocycles. The van der Waals surface area contributed by atoms with Gasteiger partial charge in [-0.05, 0) is 25.5 Å². The van der Waals surface area contributed by atoms with Gasteiger partial charge in [-0.15, -0.1) is 0 Å². The molecule has 0 radical (unpaired) electrons. The Morgan fingerprint density at radius 2 is 1.80 bits per heavy atom. The standard InChI is InChI=1S/C17H17FO2/c1-17(2)10-11-6-5-8-13(16(11)20-17)15(19)12-7-3-4-9-14(12)18/h3-9,15,19H,10H2,1-2H3. The van der Waals surface area contributed by atoms with Crippen LogP contribution >= 0.6 is 0 Å². The maximum Gasteiger partial charge on any atom is 0.129 e. The zero-order chi connectivity index (χ0) is 14.3. The van der Waals surface area contributed by atoms with Crippen molar-refractivity contribution in [1.82, 2.24) is 0 Å². The molecule has 1 heterocycles. The third kappa shape index (κ3) is 2.18. The zero-order valence-electron chi connectivity index (χ0n) is 11.6. The lowest BCUT2D eigenvalue weighted by Crippen LogP contribution is -2.25. The van der Waals surface area contributed by atoms with E-state index in [1.165, 1.54) is 6.07 Å². The molecule has 0 saturated heterocycles. The lowest BCUT2D eigenvalue weighted by atomic mass is 9.96. The molecule has 1 aliphatic heterocycles. The predicted octanol–water partition coefficient (Wildman–Crippen LogP) is 3.62. The van der Waals surface area contributed by atoms with Crippen molar-refractivity contribution in [2.75, 3.05) is 0 Å². The van der Waals surface area contributed by atoms with Crippen LogP contribution in [0.1, 0.15) is 36.6 Å². The van der Waals surface area contributed by atoms with E-state index in [0.717, 1.165) is 12.0 Å². The van der Waals surface area contributed by atoms with Crippen molar-refractivity contribution >= 4 is 0 Å². The van der Waals surface area contributed by atoms with Crippen LogP contribution in [0.15, 0.2) is 42.5 Å². The fraction of sp³-hybridized carbons (Fsp3) is 0.294. The van der Waals surface area contributed by atoms with Crippen molar-refractivity contribution in [1.29, 1.82) is 0 Å². The van der Waals surface area contributed by atoms with Crippen molar-refractivity contribution in [3.05, 3.63) is 65.0 Å². The highest BCUT2D eigenvalue weighted by Gasteiger charge is 2.33. The molecule has 0 bridgehead atoms. The molecular formula is C17H17FO2. The van der Waals surface area contributed by atoms with E-state index >= 15 is 0 Å². The first-order chi connectivity index (χ1) is 9.48. The zero-order valence-corrected chi connectivity index (χ0v) is 11.6. The van der Waals surface area contributed by atoms with Crippen molar-refractivity contribution < 1.29 is 14.2 Å². The number of aliphatic hydroxyl groups excluding tert-OH is 1. The van der Waals surface area contributed by atoms with E-state index in [9.17, 15) is 9.50 Å². The summed E-state index contributed by atoms with van der Waals surface area (Å²) < 4.78 is 19.8. The van der Waals surface area contributed by atoms with Gasteiger partial charge in [-0.1, -0.05) is 36.4 Å². The van der Waals surface area contributed by atoms with Gasteiger partial charge in [-0.3, -0.25) is 0 Å². The summed E-state index contributed by atoms with van der Waals surface area (Å²) in [7, 11) is 0. The average Bonchev–Trinajstić information content (AvgIpc) is 2.72. The Morgan fingerprint density at radius 1 is 1.10 bits per heavy atom. The normalized spacial score (nSPS) is 17.4. The molecule has 2 nitrogen and oxygen atoms in total. The first-order valence-electron chi connectivity index (χ1n) is 6.71. The lowest BCUT2D eigenvalue weighted by molar-refractivity contribution is 0.131. The number of hydrogen-bond acceptors (Lipinski definition) is 2. The Hall–Kier alpha value is -1.87. The van der Waals surface area contributed by atoms with Crippen LogP contribution in [-0.4, -0.2) is 10.7 Å². The molecule has 104 valence electrons. The van der Waals surface area contributed by atoms with E-state index in [1.54, 1.807) is 24.3 Å². The summed E-state index contributed by atoms with van der Waals surface area (Å²) in [6, 6.07) is 11.9. The highest BCUT2D eigenvalue weighted by atomic mass is 19.1. The molecule has 1 N–H and O–H groups in total. The second-order valence-electron chi connectivity index (χ2n) is 5.80. The predicted molar refractivity (Wildman–Crippen MR) is 75.3 cm³/mol. The van der Waals surface area contributed by atoms with Crippen LogP contribution in [0.2, 0.25) is 0 Å². The fourth-order valence-electron chi connectivity index (χ4n) is 2.72. The number of rotatable bonds is 2. The SMILES string of the molecule is CC1(C)Cc2cccc(C(O)c3ccccc3F)c2O1. The van der Waals surface area contributed by atoms with Gasteiger partial charge >= 0.3 is 0 Å². The number of benzene rings is 2. The molecule has 0 aromatic heterocycles. The van der Waals surface area contributed by atoms with Crippen LogP contribution in [0.3, 0.4) is 0 Å². The van der Waals surface area contributed by atoms with Gasteiger partial charge in [0.05, 0.1) is 0 Å². The maximum atomic E-state index is 13.8. The molecule has 1 unspecified atom stereocenters. The molecule has 0 saturated carbocycles. The fourth-order valence-corrected chi connectivity index (χ4v) is 2.72. The van der Waals surface area contributed by atoms with Gasteiger partial charge in [-0.2, -0.15) is 0 Å². The smallest absolute Gasteiger partial charge is 0.129 e. The molecule has 0 fully saturated rings. The Labute approximate surface area is 117 Å². The summed E-state index contributed by atoms with van der Waals surface area (Å²) in [4.78, 5) is 0. The minimum Gasteiger partial charge on any atom is -0.487 e. The number of para-hydroxylation sites is 1. The van der Waals surface area contributed by atoms with E-state index < -0.39 is 11.9 Å². The van der Waals surface area contributed by atoms with Gasteiger partial charge in [0, 0.05) is 17.5 Å². The largest absolute Gasteiger partial charge is 0.487 e. The van der Waals surface area contributed by atoms with Gasteiger partial charge in [0.1, 0.15) is 23.3 Å². The molecule has 2 aromatic carbocycles. The minimum absolute atomic E-state index is 0.272. The number of ether oxygens (including phenoxy) is 1. The second kappa shape index (κ2) is 4.60. The molecule has 3 rings (SSSR count). The molecule has 0 amide bonds. The molecular weight excluding hydrogens is 255 g/mol. The quantitative estimate of drug-likeness (QED) is 0.904. The molecule has 2 aromatic rings. The summed E-state index contributed by atoms with van der Waals surface area (Å²) in [6.45, 7) is 4.01. The third-order valence-corrected chi connectivity index (χ3v) is 3.62. The Balaban J connectivity index is 2.05. The molecule has 1 aliphatic rings. The topological polar surface area (TPSA) is 29.5 Å². The van der Waals surface area contributed by atoms with Crippen LogP contribution in [0.4, 0.5) is 4.39 Å². The monoisotopic (exact) mass is 272 g/mol. The second-order valence-corrected chi connectivity index (χ2v) is 5.80. The first kappa shape index (κ1) is 13.1. The van der Waals surface area contributed by atoms with Crippen LogP contribution < -0.4 is 4.74 Å². The highest BCUT2D eigenvalue weighted by Crippen LogP contribution is 2.41. The van der Waals surface area contributed by atoms with Crippen LogP contribution in [0, 0.1) is 5.82 Å². The summed E-state index contributed by atoms with van der Waals surface area (Å²) in [6.07, 6.45) is -0.222. The Morgan fingerprint density at radius 3 is 2.55 bits per heavy atom. The van der Waals surface area contributed by atoms with Crippen molar-refractivity contribution in [3.8, 4) is 5.75 Å². The Bertz CT molecular complexity index is 649. The van der Waals surface area contributed by atoms with Gasteiger partial charge in [-0.25, -0.2) is 4.39 Å². The van der Waals surface area contributed by atoms with Crippen molar-refractivity contribution in [2.45, 2.75) is 32.0 Å².